The summed E-state index contributed by atoms with van der Waals surface area (Å²) >= 11 is 0. The molecule has 2 heterocycles. The number of aromatic nitrogens is 1. The SMILES string of the molecule is O=C(CCOc1ccccc1)N1CCC(c2c[nH]c3ccccc23)CC1. The number of piperidine rings is 1. The van der Waals surface area contributed by atoms with Crippen molar-refractivity contribution in [2.24, 2.45) is 0 Å². The molecule has 134 valence electrons. The zero-order valence-electron chi connectivity index (χ0n) is 14.9. The molecular weight excluding hydrogens is 324 g/mol. The molecule has 1 aliphatic rings. The zero-order chi connectivity index (χ0) is 17.8. The van der Waals surface area contributed by atoms with E-state index in [1.54, 1.807) is 0 Å². The average molecular weight is 348 g/mol. The molecule has 0 radical (unpaired) electrons. The number of fused-ring (bicyclic) bond motifs is 1. The first-order valence-corrected chi connectivity index (χ1v) is 9.33. The number of benzene rings is 2. The minimum Gasteiger partial charge on any atom is -0.493 e. The fourth-order valence-corrected chi connectivity index (χ4v) is 3.80. The van der Waals surface area contributed by atoms with Crippen LogP contribution in [0.5, 0.6) is 5.75 Å². The first-order chi connectivity index (χ1) is 12.8. The summed E-state index contributed by atoms with van der Waals surface area (Å²) in [5.74, 6) is 1.53. The molecule has 1 fully saturated rings. The minimum absolute atomic E-state index is 0.193. The number of ether oxygens (including phenoxy) is 1. The highest BCUT2D eigenvalue weighted by Crippen LogP contribution is 2.33. The minimum atomic E-state index is 0.193. The Morgan fingerprint density at radius 1 is 1.04 bits per heavy atom. The summed E-state index contributed by atoms with van der Waals surface area (Å²) in [6, 6.07) is 18.1. The van der Waals surface area contributed by atoms with Crippen molar-refractivity contribution in [1.82, 2.24) is 9.88 Å². The van der Waals surface area contributed by atoms with Gasteiger partial charge in [-0.25, -0.2) is 0 Å². The lowest BCUT2D eigenvalue weighted by molar-refractivity contribution is -0.132. The van der Waals surface area contributed by atoms with Gasteiger partial charge in [-0.05, 0) is 42.5 Å². The number of aromatic amines is 1. The molecule has 26 heavy (non-hydrogen) atoms. The Kier molecular flexibility index (Phi) is 4.91. The van der Waals surface area contributed by atoms with Gasteiger partial charge in [-0.1, -0.05) is 36.4 Å². The summed E-state index contributed by atoms with van der Waals surface area (Å²) in [6.07, 6.45) is 4.62. The summed E-state index contributed by atoms with van der Waals surface area (Å²) in [5, 5.41) is 1.31. The van der Waals surface area contributed by atoms with Gasteiger partial charge in [0, 0.05) is 30.2 Å². The molecule has 1 amide bonds. The van der Waals surface area contributed by atoms with Crippen molar-refractivity contribution in [3.8, 4) is 5.75 Å². The van der Waals surface area contributed by atoms with E-state index in [1.165, 1.54) is 16.5 Å². The van der Waals surface area contributed by atoms with Crippen LogP contribution in [0.3, 0.4) is 0 Å². The van der Waals surface area contributed by atoms with Crippen molar-refractivity contribution in [1.29, 1.82) is 0 Å². The number of para-hydroxylation sites is 2. The van der Waals surface area contributed by atoms with E-state index in [0.29, 0.717) is 18.9 Å². The van der Waals surface area contributed by atoms with E-state index >= 15 is 0 Å². The maximum absolute atomic E-state index is 12.4. The molecule has 0 bridgehead atoms. The van der Waals surface area contributed by atoms with E-state index in [2.05, 4.69) is 35.4 Å². The Labute approximate surface area is 153 Å². The first-order valence-electron chi connectivity index (χ1n) is 9.33. The Bertz CT molecular complexity index is 864. The molecule has 0 saturated carbocycles. The van der Waals surface area contributed by atoms with Crippen molar-refractivity contribution >= 4 is 16.8 Å². The fourth-order valence-electron chi connectivity index (χ4n) is 3.80. The molecule has 1 saturated heterocycles. The van der Waals surface area contributed by atoms with E-state index in [4.69, 9.17) is 4.74 Å². The lowest BCUT2D eigenvalue weighted by Gasteiger charge is -2.32. The molecule has 4 rings (SSSR count). The van der Waals surface area contributed by atoms with Crippen molar-refractivity contribution in [3.05, 3.63) is 66.4 Å². The van der Waals surface area contributed by atoms with Gasteiger partial charge in [-0.15, -0.1) is 0 Å². The lowest BCUT2D eigenvalue weighted by Crippen LogP contribution is -2.38. The predicted molar refractivity (Wildman–Crippen MR) is 103 cm³/mol. The van der Waals surface area contributed by atoms with Crippen LogP contribution < -0.4 is 4.74 Å². The number of likely N-dealkylation sites (tertiary alicyclic amines) is 1. The van der Waals surface area contributed by atoms with E-state index in [-0.39, 0.29) is 5.91 Å². The van der Waals surface area contributed by atoms with E-state index < -0.39 is 0 Å². The molecule has 1 aliphatic heterocycles. The highest BCUT2D eigenvalue weighted by atomic mass is 16.5. The maximum Gasteiger partial charge on any atom is 0.225 e. The fraction of sp³-hybridized carbons (Fsp3) is 0.318. The first kappa shape index (κ1) is 16.7. The van der Waals surface area contributed by atoms with Crippen molar-refractivity contribution < 1.29 is 9.53 Å². The largest absolute Gasteiger partial charge is 0.493 e. The molecule has 0 unspecified atom stereocenters. The van der Waals surface area contributed by atoms with Crippen LogP contribution in [0.15, 0.2) is 60.8 Å². The molecule has 3 aromatic rings. The Balaban J connectivity index is 1.28. The predicted octanol–water partition coefficient (Wildman–Crippen LogP) is 4.34. The van der Waals surface area contributed by atoms with Gasteiger partial charge in [-0.3, -0.25) is 4.79 Å². The van der Waals surface area contributed by atoms with Gasteiger partial charge in [-0.2, -0.15) is 0 Å². The average Bonchev–Trinajstić information content (AvgIpc) is 3.13. The highest BCUT2D eigenvalue weighted by Gasteiger charge is 2.25. The van der Waals surface area contributed by atoms with Crippen LogP contribution in [0, 0.1) is 0 Å². The number of carbonyl (C=O) groups is 1. The van der Waals surface area contributed by atoms with E-state index in [0.717, 1.165) is 31.7 Å². The molecule has 2 aromatic carbocycles. The molecule has 1 N–H and O–H groups in total. The number of nitrogens with one attached hydrogen (secondary N) is 1. The third-order valence-electron chi connectivity index (χ3n) is 5.24. The summed E-state index contributed by atoms with van der Waals surface area (Å²) in [6.45, 7) is 2.09. The topological polar surface area (TPSA) is 45.3 Å². The van der Waals surface area contributed by atoms with Crippen molar-refractivity contribution in [2.75, 3.05) is 19.7 Å². The number of H-pyrrole nitrogens is 1. The van der Waals surface area contributed by atoms with Crippen LogP contribution in [0.4, 0.5) is 0 Å². The van der Waals surface area contributed by atoms with Gasteiger partial charge in [0.1, 0.15) is 5.75 Å². The molecule has 4 heteroatoms. The monoisotopic (exact) mass is 348 g/mol. The van der Waals surface area contributed by atoms with E-state index in [1.807, 2.05) is 35.2 Å². The van der Waals surface area contributed by atoms with Crippen LogP contribution in [0.1, 0.15) is 30.7 Å². The maximum atomic E-state index is 12.4. The third-order valence-corrected chi connectivity index (χ3v) is 5.24. The second-order valence-corrected chi connectivity index (χ2v) is 6.86. The van der Waals surface area contributed by atoms with Crippen molar-refractivity contribution in [2.45, 2.75) is 25.2 Å². The zero-order valence-corrected chi connectivity index (χ0v) is 14.9. The number of carbonyl (C=O) groups excluding carboxylic acids is 1. The van der Waals surface area contributed by atoms with Crippen LogP contribution in [0.2, 0.25) is 0 Å². The van der Waals surface area contributed by atoms with Gasteiger partial charge in [0.15, 0.2) is 0 Å². The summed E-state index contributed by atoms with van der Waals surface area (Å²) < 4.78 is 5.64. The Hall–Kier alpha value is -2.75. The summed E-state index contributed by atoms with van der Waals surface area (Å²) in [7, 11) is 0. The quantitative estimate of drug-likeness (QED) is 0.745. The van der Waals surface area contributed by atoms with E-state index in [9.17, 15) is 4.79 Å². The standard InChI is InChI=1S/C22H24N2O2/c25-22(12-15-26-18-6-2-1-3-7-18)24-13-10-17(11-14-24)20-16-23-21-9-5-4-8-19(20)21/h1-9,16-17,23H,10-15H2. The molecular formula is C22H24N2O2. The van der Waals surface area contributed by atoms with Crippen LogP contribution in [-0.2, 0) is 4.79 Å². The van der Waals surface area contributed by atoms with Gasteiger partial charge in [0.05, 0.1) is 13.0 Å². The van der Waals surface area contributed by atoms with Crippen LogP contribution in [-0.4, -0.2) is 35.5 Å². The van der Waals surface area contributed by atoms with Crippen LogP contribution >= 0.6 is 0 Å². The number of amides is 1. The number of nitrogens with zero attached hydrogens (tertiary/aromatic N) is 1. The molecule has 1 aromatic heterocycles. The number of rotatable bonds is 5. The highest BCUT2D eigenvalue weighted by molar-refractivity contribution is 5.83. The summed E-state index contributed by atoms with van der Waals surface area (Å²) in [4.78, 5) is 17.8. The van der Waals surface area contributed by atoms with Gasteiger partial charge in [0.25, 0.3) is 0 Å². The van der Waals surface area contributed by atoms with Gasteiger partial charge >= 0.3 is 0 Å². The molecule has 0 aliphatic carbocycles. The Morgan fingerprint density at radius 2 is 1.77 bits per heavy atom. The number of hydrogen-bond acceptors (Lipinski definition) is 2. The normalized spacial score (nSPS) is 15.3. The number of hydrogen-bond donors (Lipinski definition) is 1. The van der Waals surface area contributed by atoms with Gasteiger partial charge in [0.2, 0.25) is 5.91 Å². The van der Waals surface area contributed by atoms with Crippen molar-refractivity contribution in [3.63, 3.8) is 0 Å². The summed E-state index contributed by atoms with van der Waals surface area (Å²) in [5.41, 5.74) is 2.58. The Morgan fingerprint density at radius 3 is 2.58 bits per heavy atom. The smallest absolute Gasteiger partial charge is 0.225 e. The molecule has 0 spiro atoms. The lowest BCUT2D eigenvalue weighted by atomic mass is 9.89. The molecule has 0 atom stereocenters. The van der Waals surface area contributed by atoms with Gasteiger partial charge < -0.3 is 14.6 Å². The molecule has 4 nitrogen and oxygen atoms in total. The second-order valence-electron chi connectivity index (χ2n) is 6.86. The third kappa shape index (κ3) is 3.59. The van der Waals surface area contributed by atoms with Crippen LogP contribution in [0.25, 0.3) is 10.9 Å². The second kappa shape index (κ2) is 7.65.